The fraction of sp³-hybridized carbons (Fsp3) is 0.346. The molecule has 0 fully saturated rings. The molecule has 0 radical (unpaired) electrons. The van der Waals surface area contributed by atoms with Gasteiger partial charge in [-0.1, -0.05) is 44.2 Å². The van der Waals surface area contributed by atoms with Crippen molar-refractivity contribution in [3.63, 3.8) is 0 Å². The molecule has 6 heteroatoms. The summed E-state index contributed by atoms with van der Waals surface area (Å²) in [6.07, 6.45) is 1.17. The van der Waals surface area contributed by atoms with Gasteiger partial charge in [-0.3, -0.25) is 0 Å². The summed E-state index contributed by atoms with van der Waals surface area (Å²) >= 11 is 1.45. The maximum Gasteiger partial charge on any atom is 0.192 e. The molecule has 1 N–H and O–H groups in total. The lowest BCUT2D eigenvalue weighted by molar-refractivity contribution is 0.171. The van der Waals surface area contributed by atoms with E-state index >= 15 is 0 Å². The highest BCUT2D eigenvalue weighted by molar-refractivity contribution is 7.12. The molecule has 3 aromatic rings. The smallest absolute Gasteiger partial charge is 0.192 e. The first kappa shape index (κ1) is 22.2. The number of fused-ring (bicyclic) bond motifs is 1. The van der Waals surface area contributed by atoms with Crippen LogP contribution in [0, 0.1) is 17.2 Å². The van der Waals surface area contributed by atoms with Crippen molar-refractivity contribution in [3.05, 3.63) is 64.5 Å². The summed E-state index contributed by atoms with van der Waals surface area (Å²) in [6, 6.07) is 16.5. The number of thiophene rings is 1. The molecule has 0 spiro atoms. The average molecular weight is 449 g/mol. The van der Waals surface area contributed by atoms with Crippen LogP contribution in [0.4, 0.5) is 0 Å². The zero-order valence-corrected chi connectivity index (χ0v) is 19.3. The maximum atomic E-state index is 9.80. The van der Waals surface area contributed by atoms with Crippen molar-refractivity contribution in [2.75, 3.05) is 19.8 Å². The molecule has 4 rings (SSSR count). The van der Waals surface area contributed by atoms with E-state index in [-0.39, 0.29) is 0 Å². The van der Waals surface area contributed by atoms with E-state index in [1.54, 1.807) is 0 Å². The zero-order chi connectivity index (χ0) is 22.3. The van der Waals surface area contributed by atoms with Gasteiger partial charge in [0, 0.05) is 17.5 Å². The van der Waals surface area contributed by atoms with Gasteiger partial charge in [0.2, 0.25) is 0 Å². The van der Waals surface area contributed by atoms with Gasteiger partial charge in [0.15, 0.2) is 16.6 Å². The lowest BCUT2D eigenvalue weighted by Crippen LogP contribution is -2.16. The van der Waals surface area contributed by atoms with E-state index in [0.717, 1.165) is 35.5 Å². The summed E-state index contributed by atoms with van der Waals surface area (Å²) in [4.78, 5) is 0. The van der Waals surface area contributed by atoms with Crippen LogP contribution < -0.4 is 19.5 Å². The summed E-state index contributed by atoms with van der Waals surface area (Å²) in [5.74, 6) is 2.16. The van der Waals surface area contributed by atoms with E-state index in [9.17, 15) is 5.26 Å². The van der Waals surface area contributed by atoms with Crippen LogP contribution in [0.5, 0.6) is 16.6 Å². The van der Waals surface area contributed by atoms with E-state index in [2.05, 4.69) is 49.5 Å². The topological polar surface area (TPSA) is 63.5 Å². The van der Waals surface area contributed by atoms with Crippen LogP contribution in [0.15, 0.2) is 47.8 Å². The average Bonchev–Trinajstić information content (AvgIpc) is 3.23. The molecule has 1 aliphatic rings. The summed E-state index contributed by atoms with van der Waals surface area (Å²) in [6.45, 7) is 7.85. The minimum atomic E-state index is 0.426. The number of ether oxygens (including phenoxy) is 3. The third-order valence-electron chi connectivity index (χ3n) is 5.31. The second-order valence-electron chi connectivity index (χ2n) is 8.25. The third-order valence-corrected chi connectivity index (χ3v) is 6.20. The lowest BCUT2D eigenvalue weighted by Gasteiger charge is -2.18. The van der Waals surface area contributed by atoms with Gasteiger partial charge in [-0.2, -0.15) is 5.26 Å². The predicted octanol–water partition coefficient (Wildman–Crippen LogP) is 5.77. The monoisotopic (exact) mass is 448 g/mol. The molecular formula is C26H28N2O3S. The number of benzene rings is 2. The number of nitriles is 1. The molecule has 32 heavy (non-hydrogen) atoms. The van der Waals surface area contributed by atoms with Gasteiger partial charge in [-0.05, 0) is 47.7 Å². The van der Waals surface area contributed by atoms with Crippen molar-refractivity contribution >= 4 is 11.3 Å². The Labute approximate surface area is 193 Å². The second-order valence-corrected chi connectivity index (χ2v) is 9.09. The summed E-state index contributed by atoms with van der Waals surface area (Å²) < 4.78 is 17.3. The van der Waals surface area contributed by atoms with Crippen molar-refractivity contribution in [1.29, 1.82) is 5.26 Å². The van der Waals surface area contributed by atoms with Crippen molar-refractivity contribution in [2.45, 2.75) is 33.4 Å². The normalized spacial score (nSPS) is 12.6. The number of hydrogen-bond donors (Lipinski definition) is 1. The molecule has 1 aliphatic heterocycles. The Morgan fingerprint density at radius 1 is 1.09 bits per heavy atom. The molecule has 166 valence electrons. The largest absolute Gasteiger partial charge is 0.486 e. The van der Waals surface area contributed by atoms with Crippen LogP contribution in [-0.2, 0) is 13.2 Å². The van der Waals surface area contributed by atoms with Crippen LogP contribution in [-0.4, -0.2) is 19.8 Å². The summed E-state index contributed by atoms with van der Waals surface area (Å²) in [5, 5.41) is 15.9. The Hall–Kier alpha value is -3.01. The van der Waals surface area contributed by atoms with Gasteiger partial charge in [0.05, 0.1) is 0 Å². The number of rotatable bonds is 9. The molecule has 2 aromatic carbocycles. The Bertz CT molecular complexity index is 1100. The highest BCUT2D eigenvalue weighted by Crippen LogP contribution is 2.40. The van der Waals surface area contributed by atoms with E-state index < -0.39 is 0 Å². The molecule has 0 aliphatic carbocycles. The summed E-state index contributed by atoms with van der Waals surface area (Å²) in [5.41, 5.74) is 4.65. The summed E-state index contributed by atoms with van der Waals surface area (Å²) in [7, 11) is 0. The van der Waals surface area contributed by atoms with Gasteiger partial charge in [0.1, 0.15) is 31.5 Å². The van der Waals surface area contributed by atoms with Crippen LogP contribution in [0.3, 0.4) is 0 Å². The molecule has 0 bridgehead atoms. The molecule has 0 amide bonds. The van der Waals surface area contributed by atoms with Gasteiger partial charge in [-0.25, -0.2) is 0 Å². The molecule has 1 aromatic heterocycles. The van der Waals surface area contributed by atoms with Crippen molar-refractivity contribution in [1.82, 2.24) is 5.32 Å². The molecule has 0 unspecified atom stereocenters. The van der Waals surface area contributed by atoms with Crippen LogP contribution in [0.2, 0.25) is 0 Å². The predicted molar refractivity (Wildman–Crippen MR) is 127 cm³/mol. The lowest BCUT2D eigenvalue weighted by atomic mass is 10.0. The van der Waals surface area contributed by atoms with Gasteiger partial charge < -0.3 is 19.5 Å². The Kier molecular flexibility index (Phi) is 7.31. The van der Waals surface area contributed by atoms with Gasteiger partial charge in [-0.15, -0.1) is 11.3 Å². The van der Waals surface area contributed by atoms with Gasteiger partial charge in [0.25, 0.3) is 0 Å². The van der Waals surface area contributed by atoms with E-state index in [4.69, 9.17) is 14.2 Å². The SMILES string of the molecule is CC(C)CCNCc1cccc(COc2scc(-c3ccc4c(c3)OCCO4)c2C#N)c1. The minimum Gasteiger partial charge on any atom is -0.486 e. The molecular weight excluding hydrogens is 420 g/mol. The first-order valence-corrected chi connectivity index (χ1v) is 11.8. The highest BCUT2D eigenvalue weighted by atomic mass is 32.1. The third kappa shape index (κ3) is 5.42. The fourth-order valence-corrected chi connectivity index (χ4v) is 4.46. The Morgan fingerprint density at radius 3 is 2.72 bits per heavy atom. The van der Waals surface area contributed by atoms with E-state index in [1.807, 2.05) is 23.6 Å². The fourth-order valence-electron chi connectivity index (χ4n) is 3.58. The number of hydrogen-bond acceptors (Lipinski definition) is 6. The molecule has 5 nitrogen and oxygen atoms in total. The van der Waals surface area contributed by atoms with Crippen LogP contribution in [0.25, 0.3) is 11.1 Å². The van der Waals surface area contributed by atoms with Crippen LogP contribution >= 0.6 is 11.3 Å². The van der Waals surface area contributed by atoms with Crippen LogP contribution in [0.1, 0.15) is 37.0 Å². The quantitative estimate of drug-likeness (QED) is 0.421. The maximum absolute atomic E-state index is 9.80. The van der Waals surface area contributed by atoms with Crippen molar-refractivity contribution in [2.24, 2.45) is 5.92 Å². The molecule has 0 atom stereocenters. The van der Waals surface area contributed by atoms with E-state index in [1.165, 1.54) is 23.3 Å². The minimum absolute atomic E-state index is 0.426. The Morgan fingerprint density at radius 2 is 1.91 bits per heavy atom. The molecule has 0 saturated heterocycles. The highest BCUT2D eigenvalue weighted by Gasteiger charge is 2.18. The van der Waals surface area contributed by atoms with E-state index in [0.29, 0.717) is 42.1 Å². The molecule has 0 saturated carbocycles. The molecule has 2 heterocycles. The zero-order valence-electron chi connectivity index (χ0n) is 18.5. The van der Waals surface area contributed by atoms with Crippen molar-refractivity contribution < 1.29 is 14.2 Å². The van der Waals surface area contributed by atoms with Gasteiger partial charge >= 0.3 is 0 Å². The first-order chi connectivity index (χ1) is 15.6. The second kappa shape index (κ2) is 10.5. The Balaban J connectivity index is 1.42. The number of nitrogens with one attached hydrogen (secondary N) is 1. The first-order valence-electron chi connectivity index (χ1n) is 11.0. The standard InChI is InChI=1S/C26H28N2O3S/c1-18(2)8-9-28-15-19-4-3-5-20(12-19)16-31-26-22(14-27)23(17-32-26)21-6-7-24-25(13-21)30-11-10-29-24/h3-7,12-13,17-18,28H,8-11,15-16H2,1-2H3. The number of nitrogens with zero attached hydrogens (tertiary/aromatic N) is 1. The van der Waals surface area contributed by atoms with Crippen molar-refractivity contribution in [3.8, 4) is 33.8 Å².